The molecule has 54 heavy (non-hydrogen) atoms. The van der Waals surface area contributed by atoms with Gasteiger partial charge < -0.3 is 20.4 Å². The normalized spacial score (nSPS) is 10.7. The average molecular weight is 754 g/mol. The van der Waals surface area contributed by atoms with Crippen molar-refractivity contribution in [3.05, 3.63) is 179 Å². The summed E-state index contributed by atoms with van der Waals surface area (Å²) in [5.74, 6) is 1.59. The van der Waals surface area contributed by atoms with E-state index in [1.54, 1.807) is 0 Å². The van der Waals surface area contributed by atoms with Crippen LogP contribution in [0.2, 0.25) is 0 Å². The Morgan fingerprint density at radius 1 is 0.407 bits per heavy atom. The molecule has 4 nitrogen and oxygen atoms in total. The maximum Gasteiger partial charge on any atom is 0 e. The third-order valence-corrected chi connectivity index (χ3v) is 9.23. The van der Waals surface area contributed by atoms with Crippen LogP contribution in [0.3, 0.4) is 0 Å². The van der Waals surface area contributed by atoms with Crippen molar-refractivity contribution in [2.75, 3.05) is 38.0 Å². The Bertz CT molecular complexity index is 1660. The fraction of sp³-hybridized carbons (Fsp3) is 0.347. The van der Waals surface area contributed by atoms with Crippen LogP contribution in [0.25, 0.3) is 10.6 Å². The van der Waals surface area contributed by atoms with Crippen molar-refractivity contribution < 1.29 is 25.8 Å². The van der Waals surface area contributed by atoms with Gasteiger partial charge in [-0.1, -0.05) is 186 Å². The van der Waals surface area contributed by atoms with Gasteiger partial charge in [0.25, 0.3) is 0 Å². The van der Waals surface area contributed by atoms with Gasteiger partial charge in [-0.2, -0.15) is 43.3 Å². The number of rotatable bonds is 11. The molecule has 5 heteroatoms. The van der Waals surface area contributed by atoms with E-state index in [2.05, 4.69) is 158 Å². The van der Waals surface area contributed by atoms with Crippen molar-refractivity contribution in [2.45, 2.75) is 85.2 Å². The second-order valence-electron chi connectivity index (χ2n) is 15.3. The summed E-state index contributed by atoms with van der Waals surface area (Å²) in [6.45, 7) is 25.8. The molecule has 287 valence electrons. The quantitative estimate of drug-likeness (QED) is 0.126. The first kappa shape index (κ1) is 46.1. The maximum absolute atomic E-state index is 5.40. The molecule has 0 aliphatic heterocycles. The van der Waals surface area contributed by atoms with Crippen LogP contribution in [-0.2, 0) is 25.8 Å². The number of para-hydroxylation sites is 4. The van der Waals surface area contributed by atoms with Crippen LogP contribution in [0.15, 0.2) is 115 Å². The van der Waals surface area contributed by atoms with Crippen molar-refractivity contribution in [1.29, 1.82) is 0 Å². The molecular weight excluding hydrogens is 690 g/mol. The number of hydrogen-bond acceptors (Lipinski definition) is 2. The van der Waals surface area contributed by atoms with Crippen LogP contribution < -0.4 is 9.80 Å². The predicted octanol–water partition coefficient (Wildman–Crippen LogP) is 14.5. The Morgan fingerprint density at radius 3 is 0.963 bits per heavy atom. The minimum absolute atomic E-state index is 0. The number of anilines is 2. The molecule has 0 heterocycles. The molecule has 0 saturated carbocycles. The number of hydrogen-bond donors (Lipinski definition) is 0. The van der Waals surface area contributed by atoms with Crippen molar-refractivity contribution in [3.63, 3.8) is 0 Å². The summed E-state index contributed by atoms with van der Waals surface area (Å²) in [6.07, 6.45) is -0.291. The van der Waals surface area contributed by atoms with Gasteiger partial charge in [-0.3, -0.25) is 0 Å². The van der Waals surface area contributed by atoms with Gasteiger partial charge in [-0.15, -0.1) is 23.5 Å². The van der Waals surface area contributed by atoms with Crippen LogP contribution in [0, 0.1) is 13.8 Å². The molecule has 5 rings (SSSR count). The predicted molar refractivity (Wildman–Crippen MR) is 235 cm³/mol. The van der Waals surface area contributed by atoms with Crippen LogP contribution in [0.4, 0.5) is 22.7 Å². The number of benzene rings is 5. The maximum atomic E-state index is 5.40. The molecule has 0 aromatic heterocycles. The van der Waals surface area contributed by atoms with Gasteiger partial charge in [0.1, 0.15) is 0 Å². The van der Waals surface area contributed by atoms with Gasteiger partial charge in [0.15, 0.2) is 0 Å². The van der Waals surface area contributed by atoms with Gasteiger partial charge in [-0.05, 0) is 51.9 Å². The molecule has 5 aromatic rings. The summed E-state index contributed by atoms with van der Waals surface area (Å²) < 4.78 is 0. The third-order valence-electron chi connectivity index (χ3n) is 9.23. The van der Waals surface area contributed by atoms with E-state index in [1.165, 1.54) is 33.6 Å². The molecule has 0 bridgehead atoms. The fourth-order valence-corrected chi connectivity index (χ4v) is 6.26. The molecule has 0 unspecified atom stereocenters. The van der Waals surface area contributed by atoms with Crippen LogP contribution in [0.5, 0.6) is 0 Å². The van der Waals surface area contributed by atoms with Crippen molar-refractivity contribution >= 4 is 22.7 Å². The Balaban J connectivity index is 0.000000389. The van der Waals surface area contributed by atoms with E-state index in [0.29, 0.717) is 23.7 Å². The Morgan fingerprint density at radius 2 is 0.704 bits per heavy atom. The molecule has 0 N–H and O–H groups in total. The summed E-state index contributed by atoms with van der Waals surface area (Å²) >= 11 is 0. The molecule has 0 saturated heterocycles. The van der Waals surface area contributed by atoms with Gasteiger partial charge in [0, 0.05) is 25.8 Å². The third kappa shape index (κ3) is 13.0. The Hall–Kier alpha value is -4.09. The Kier molecular flexibility index (Phi) is 19.0. The SMILES string of the molecule is CC(C)c1cccc(C(C)C)c1[N-]C([N-]c1c(C(C)C)cccc1C(C)C)c1ccccc1.[CH2-]c1ccccc1N(C)C.[CH2-]c1ccccc1N(C)C.[Sc]. The Labute approximate surface area is 348 Å². The fourth-order valence-electron chi connectivity index (χ4n) is 6.26. The van der Waals surface area contributed by atoms with Crippen molar-refractivity contribution in [2.24, 2.45) is 0 Å². The molecular formula is C49H64N4Sc-4. The van der Waals surface area contributed by atoms with Crippen LogP contribution >= 0.6 is 0 Å². The minimum atomic E-state index is -0.291. The van der Waals surface area contributed by atoms with E-state index >= 15 is 0 Å². The first-order valence-corrected chi connectivity index (χ1v) is 19.0. The van der Waals surface area contributed by atoms with Gasteiger partial charge >= 0.3 is 0 Å². The van der Waals surface area contributed by atoms with Crippen LogP contribution in [0.1, 0.15) is 124 Å². The molecule has 0 amide bonds. The van der Waals surface area contributed by atoms with E-state index in [1.807, 2.05) is 64.6 Å². The van der Waals surface area contributed by atoms with Crippen molar-refractivity contribution in [3.8, 4) is 0 Å². The molecule has 0 atom stereocenters. The zero-order valence-electron chi connectivity index (χ0n) is 35.1. The van der Waals surface area contributed by atoms with E-state index in [9.17, 15) is 0 Å². The van der Waals surface area contributed by atoms with E-state index < -0.39 is 0 Å². The molecule has 0 fully saturated rings. The summed E-state index contributed by atoms with van der Waals surface area (Å²) in [6, 6.07) is 39.9. The first-order valence-electron chi connectivity index (χ1n) is 19.0. The zero-order valence-corrected chi connectivity index (χ0v) is 36.9. The molecule has 5 aromatic carbocycles. The largest absolute Gasteiger partial charge is 0.693 e. The summed E-state index contributed by atoms with van der Waals surface area (Å²) in [5, 5.41) is 10.8. The number of nitrogens with zero attached hydrogens (tertiary/aromatic N) is 4. The summed E-state index contributed by atoms with van der Waals surface area (Å²) in [7, 11) is 8.07. The van der Waals surface area contributed by atoms with Gasteiger partial charge in [0.05, 0.1) is 0 Å². The minimum Gasteiger partial charge on any atom is -0.693 e. The summed E-state index contributed by atoms with van der Waals surface area (Å²) in [4.78, 5) is 4.12. The molecule has 1 radical (unpaired) electrons. The molecule has 0 aliphatic rings. The molecule has 0 spiro atoms. The smallest absolute Gasteiger partial charge is 0 e. The summed E-state index contributed by atoms with van der Waals surface area (Å²) in [5.41, 5.74) is 13.0. The van der Waals surface area contributed by atoms with E-state index in [4.69, 9.17) is 10.6 Å². The first-order chi connectivity index (χ1) is 25.1. The van der Waals surface area contributed by atoms with E-state index in [-0.39, 0.29) is 32.0 Å². The standard InChI is InChI=1S/C31H40N2.2C9H12N.Sc/c1-20(2)25-16-12-17-26(21(3)4)29(25)32-31(24-14-10-9-11-15-24)33-30-27(22(5)6)18-13-19-28(30)23(7)8;2*1-8-6-4-5-7-9(8)10(2)3;/h9-23,31H,1-8H3;2*4-7H,1H2,2-3H3;/q-2;2*-1;. The molecule has 0 aliphatic carbocycles. The van der Waals surface area contributed by atoms with Gasteiger partial charge in [-0.25, -0.2) is 0 Å². The second-order valence-corrected chi connectivity index (χ2v) is 15.3. The van der Waals surface area contributed by atoms with Gasteiger partial charge in [0.2, 0.25) is 0 Å². The zero-order chi connectivity index (χ0) is 39.2. The second kappa shape index (κ2) is 22.3. The van der Waals surface area contributed by atoms with E-state index in [0.717, 1.165) is 28.1 Å². The topological polar surface area (TPSA) is 34.7 Å². The van der Waals surface area contributed by atoms with Crippen molar-refractivity contribution in [1.82, 2.24) is 0 Å². The monoisotopic (exact) mass is 753 g/mol. The average Bonchev–Trinajstić information content (AvgIpc) is 3.12. The van der Waals surface area contributed by atoms with Crippen LogP contribution in [-0.4, -0.2) is 28.2 Å².